The maximum absolute atomic E-state index is 5.99. The van der Waals surface area contributed by atoms with Gasteiger partial charge in [-0.1, -0.05) is 30.3 Å². The van der Waals surface area contributed by atoms with Gasteiger partial charge in [-0.3, -0.25) is 0 Å². The van der Waals surface area contributed by atoms with Crippen molar-refractivity contribution in [3.63, 3.8) is 0 Å². The van der Waals surface area contributed by atoms with E-state index in [4.69, 9.17) is 4.42 Å². The van der Waals surface area contributed by atoms with Gasteiger partial charge in [-0.15, -0.1) is 0 Å². The van der Waals surface area contributed by atoms with Gasteiger partial charge in [0.05, 0.1) is 18.2 Å². The van der Waals surface area contributed by atoms with E-state index < -0.39 is 0 Å². The predicted molar refractivity (Wildman–Crippen MR) is 79.6 cm³/mol. The van der Waals surface area contributed by atoms with Crippen LogP contribution < -0.4 is 5.32 Å². The molecule has 3 nitrogen and oxygen atoms in total. The molecule has 0 saturated heterocycles. The first-order valence-corrected chi connectivity index (χ1v) is 7.25. The summed E-state index contributed by atoms with van der Waals surface area (Å²) in [6.07, 6.45) is 4.20. The topological polar surface area (TPSA) is 38.1 Å². The van der Waals surface area contributed by atoms with E-state index in [1.54, 1.807) is 0 Å². The van der Waals surface area contributed by atoms with Crippen molar-refractivity contribution >= 4 is 0 Å². The summed E-state index contributed by atoms with van der Waals surface area (Å²) < 4.78 is 5.99. The number of benzene rings is 1. The molecule has 20 heavy (non-hydrogen) atoms. The van der Waals surface area contributed by atoms with Crippen LogP contribution in [-0.2, 0) is 12.0 Å². The van der Waals surface area contributed by atoms with Crippen LogP contribution in [0, 0.1) is 0 Å². The monoisotopic (exact) mass is 270 g/mol. The molecule has 1 fully saturated rings. The summed E-state index contributed by atoms with van der Waals surface area (Å²) in [6.45, 7) is 7.10. The van der Waals surface area contributed by atoms with Crippen molar-refractivity contribution < 1.29 is 4.42 Å². The van der Waals surface area contributed by atoms with E-state index in [1.165, 1.54) is 5.56 Å². The first-order valence-electron chi connectivity index (χ1n) is 7.25. The highest BCUT2D eigenvalue weighted by Crippen LogP contribution is 2.53. The van der Waals surface area contributed by atoms with Crippen LogP contribution in [0.5, 0.6) is 0 Å². The number of hydrogen-bond donors (Lipinski definition) is 1. The molecule has 0 aliphatic heterocycles. The molecular weight excluding hydrogens is 248 g/mol. The maximum Gasteiger partial charge on any atom is 0.208 e. The van der Waals surface area contributed by atoms with Gasteiger partial charge in [0.25, 0.3) is 0 Å². The van der Waals surface area contributed by atoms with E-state index in [0.29, 0.717) is 6.54 Å². The van der Waals surface area contributed by atoms with E-state index in [2.05, 4.69) is 61.4 Å². The summed E-state index contributed by atoms with van der Waals surface area (Å²) in [5, 5.41) is 3.41. The SMILES string of the molecule is CC(C)(C)NCc1ncc(C2(c3ccccc3)CC2)o1. The summed E-state index contributed by atoms with van der Waals surface area (Å²) in [5.74, 6) is 1.78. The van der Waals surface area contributed by atoms with Gasteiger partial charge in [0.2, 0.25) is 5.89 Å². The molecule has 1 saturated carbocycles. The maximum atomic E-state index is 5.99. The van der Waals surface area contributed by atoms with E-state index in [0.717, 1.165) is 24.5 Å². The number of aromatic nitrogens is 1. The van der Waals surface area contributed by atoms with E-state index in [1.807, 2.05) is 6.20 Å². The molecule has 0 atom stereocenters. The lowest BCUT2D eigenvalue weighted by Gasteiger charge is -2.19. The van der Waals surface area contributed by atoms with E-state index in [9.17, 15) is 0 Å². The van der Waals surface area contributed by atoms with Crippen molar-refractivity contribution in [2.45, 2.75) is 51.1 Å². The Morgan fingerprint density at radius 2 is 1.90 bits per heavy atom. The second-order valence-corrected chi connectivity index (χ2v) is 6.67. The Morgan fingerprint density at radius 1 is 1.20 bits per heavy atom. The number of nitrogens with zero attached hydrogens (tertiary/aromatic N) is 1. The van der Waals surface area contributed by atoms with Gasteiger partial charge in [0.1, 0.15) is 5.76 Å². The normalized spacial score (nSPS) is 17.1. The zero-order valence-electron chi connectivity index (χ0n) is 12.4. The third-order valence-electron chi connectivity index (χ3n) is 3.87. The smallest absolute Gasteiger partial charge is 0.208 e. The van der Waals surface area contributed by atoms with Gasteiger partial charge < -0.3 is 9.73 Å². The van der Waals surface area contributed by atoms with Crippen molar-refractivity contribution in [1.29, 1.82) is 0 Å². The van der Waals surface area contributed by atoms with Crippen molar-refractivity contribution in [3.05, 3.63) is 53.7 Å². The third kappa shape index (κ3) is 2.63. The first-order chi connectivity index (χ1) is 9.50. The molecule has 1 N–H and O–H groups in total. The Hall–Kier alpha value is -1.61. The van der Waals surface area contributed by atoms with Crippen molar-refractivity contribution in [1.82, 2.24) is 10.3 Å². The molecule has 0 spiro atoms. The molecule has 1 aliphatic carbocycles. The molecule has 0 amide bonds. The van der Waals surface area contributed by atoms with Crippen LogP contribution in [0.2, 0.25) is 0 Å². The van der Waals surface area contributed by atoms with Crippen LogP contribution >= 0.6 is 0 Å². The molecule has 0 radical (unpaired) electrons. The molecule has 3 heteroatoms. The molecule has 2 aromatic rings. The van der Waals surface area contributed by atoms with Crippen molar-refractivity contribution in [2.24, 2.45) is 0 Å². The van der Waals surface area contributed by atoms with Gasteiger partial charge >= 0.3 is 0 Å². The number of hydrogen-bond acceptors (Lipinski definition) is 3. The highest BCUT2D eigenvalue weighted by Gasteiger charge is 2.48. The first kappa shape index (κ1) is 13.4. The van der Waals surface area contributed by atoms with Gasteiger partial charge in [-0.2, -0.15) is 0 Å². The average Bonchev–Trinajstić information content (AvgIpc) is 3.09. The number of oxazole rings is 1. The lowest BCUT2D eigenvalue weighted by Crippen LogP contribution is -2.35. The minimum Gasteiger partial charge on any atom is -0.443 e. The molecule has 0 bridgehead atoms. The van der Waals surface area contributed by atoms with Gasteiger partial charge in [-0.05, 0) is 39.2 Å². The highest BCUT2D eigenvalue weighted by atomic mass is 16.4. The quantitative estimate of drug-likeness (QED) is 0.921. The molecule has 3 rings (SSSR count). The van der Waals surface area contributed by atoms with Crippen LogP contribution in [0.1, 0.15) is 50.8 Å². The lowest BCUT2D eigenvalue weighted by atomic mass is 9.94. The van der Waals surface area contributed by atoms with E-state index in [-0.39, 0.29) is 11.0 Å². The van der Waals surface area contributed by atoms with Crippen LogP contribution in [0.3, 0.4) is 0 Å². The van der Waals surface area contributed by atoms with Crippen LogP contribution in [0.15, 0.2) is 40.9 Å². The Kier molecular flexibility index (Phi) is 3.17. The predicted octanol–water partition coefficient (Wildman–Crippen LogP) is 3.64. The van der Waals surface area contributed by atoms with Crippen LogP contribution in [0.4, 0.5) is 0 Å². The summed E-state index contributed by atoms with van der Waals surface area (Å²) in [6, 6.07) is 10.6. The zero-order chi connectivity index (χ0) is 14.2. The van der Waals surface area contributed by atoms with Gasteiger partial charge in [0.15, 0.2) is 0 Å². The third-order valence-corrected chi connectivity index (χ3v) is 3.87. The summed E-state index contributed by atoms with van der Waals surface area (Å²) in [4.78, 5) is 4.42. The fourth-order valence-corrected chi connectivity index (χ4v) is 2.51. The van der Waals surface area contributed by atoms with Gasteiger partial charge in [0, 0.05) is 5.54 Å². The standard InChI is InChI=1S/C17H22N2O/c1-16(2,3)19-12-15-18-11-14(20-15)17(9-10-17)13-7-5-4-6-8-13/h4-8,11,19H,9-10,12H2,1-3H3. The summed E-state index contributed by atoms with van der Waals surface area (Å²) in [5.41, 5.74) is 1.49. The molecular formula is C17H22N2O. The number of nitrogens with one attached hydrogen (secondary N) is 1. The fraction of sp³-hybridized carbons (Fsp3) is 0.471. The Labute approximate surface area is 120 Å². The highest BCUT2D eigenvalue weighted by molar-refractivity contribution is 5.39. The van der Waals surface area contributed by atoms with E-state index >= 15 is 0 Å². The minimum absolute atomic E-state index is 0.0747. The van der Waals surface area contributed by atoms with Crippen LogP contribution in [0.25, 0.3) is 0 Å². The van der Waals surface area contributed by atoms with Crippen molar-refractivity contribution in [2.75, 3.05) is 0 Å². The van der Waals surface area contributed by atoms with Crippen LogP contribution in [-0.4, -0.2) is 10.5 Å². The molecule has 0 unspecified atom stereocenters. The molecule has 1 aromatic heterocycles. The zero-order valence-corrected chi connectivity index (χ0v) is 12.4. The minimum atomic E-state index is 0.0747. The Bertz CT molecular complexity index is 577. The second-order valence-electron chi connectivity index (χ2n) is 6.67. The molecule has 1 aliphatic rings. The molecule has 1 aromatic carbocycles. The average molecular weight is 270 g/mol. The lowest BCUT2D eigenvalue weighted by molar-refractivity contribution is 0.365. The fourth-order valence-electron chi connectivity index (χ4n) is 2.51. The second kappa shape index (κ2) is 4.74. The largest absolute Gasteiger partial charge is 0.443 e. The number of rotatable bonds is 4. The molecule has 1 heterocycles. The summed E-state index contributed by atoms with van der Waals surface area (Å²) in [7, 11) is 0. The van der Waals surface area contributed by atoms with Crippen molar-refractivity contribution in [3.8, 4) is 0 Å². The Morgan fingerprint density at radius 3 is 2.50 bits per heavy atom. The van der Waals surface area contributed by atoms with Gasteiger partial charge in [-0.25, -0.2) is 4.98 Å². The summed E-state index contributed by atoms with van der Waals surface area (Å²) >= 11 is 0. The molecule has 106 valence electrons. The Balaban J connectivity index is 1.77.